The summed E-state index contributed by atoms with van der Waals surface area (Å²) in [6, 6.07) is 0. The van der Waals surface area contributed by atoms with E-state index in [1.807, 2.05) is 0 Å². The molecule has 0 saturated heterocycles. The zero-order valence-corrected chi connectivity index (χ0v) is 4.80. The van der Waals surface area contributed by atoms with Crippen LogP contribution < -0.4 is 0 Å². The first kappa shape index (κ1) is 4.37. The van der Waals surface area contributed by atoms with Crippen LogP contribution in [-0.2, 0) is 0 Å². The molecule has 0 spiro atoms. The lowest BCUT2D eigenvalue weighted by Gasteiger charge is -2.22. The molecule has 41 valence electrons. The minimum Gasteiger partial charge on any atom is -0.0810 e. The van der Waals surface area contributed by atoms with Gasteiger partial charge in [-0.05, 0) is 24.8 Å². The monoisotopic (exact) mass is 105 g/mol. The molecule has 2 bridgehead atoms. The molecular weight excluding hydrogens is 96.1 g/mol. The molecule has 0 aromatic carbocycles. The topological polar surface area (TPSA) is 0 Å². The summed E-state index contributed by atoms with van der Waals surface area (Å²) in [5.41, 5.74) is 0. The van der Waals surface area contributed by atoms with E-state index in [-0.39, 0.29) is 0 Å². The molecule has 0 saturated carbocycles. The van der Waals surface area contributed by atoms with Crippen molar-refractivity contribution in [3.63, 3.8) is 0 Å². The molecule has 3 aliphatic rings. The lowest BCUT2D eigenvalue weighted by Crippen LogP contribution is -2.10. The third-order valence-corrected chi connectivity index (χ3v) is 1.93. The van der Waals surface area contributed by atoms with Crippen molar-refractivity contribution in [1.29, 1.82) is 0 Å². The van der Waals surface area contributed by atoms with Crippen LogP contribution in [0.1, 0.15) is 12.8 Å². The second-order valence-electron chi connectivity index (χ2n) is 2.57. The van der Waals surface area contributed by atoms with E-state index < -0.39 is 0 Å². The van der Waals surface area contributed by atoms with Crippen molar-refractivity contribution in [3.8, 4) is 0 Å². The van der Waals surface area contributed by atoms with Gasteiger partial charge in [0.15, 0.2) is 0 Å². The van der Waals surface area contributed by atoms with Crippen LogP contribution in [0.4, 0.5) is 0 Å². The van der Waals surface area contributed by atoms with Crippen LogP contribution in [0.5, 0.6) is 0 Å². The van der Waals surface area contributed by atoms with Gasteiger partial charge >= 0.3 is 0 Å². The maximum atomic E-state index is 3.31. The molecule has 0 amide bonds. The second kappa shape index (κ2) is 1.48. The maximum absolute atomic E-state index is 3.31. The van der Waals surface area contributed by atoms with Gasteiger partial charge in [-0.2, -0.15) is 0 Å². The van der Waals surface area contributed by atoms with Crippen LogP contribution in [0, 0.1) is 17.9 Å². The minimum absolute atomic E-state index is 0.667. The Balaban J connectivity index is 2.31. The number of allylic oxidation sites excluding steroid dienone is 4. The van der Waals surface area contributed by atoms with Gasteiger partial charge in [-0.3, -0.25) is 0 Å². The first-order valence-electron chi connectivity index (χ1n) is 3.23. The Bertz CT molecular complexity index is 112. The normalized spacial score (nSPS) is 41.0. The Morgan fingerprint density at radius 3 is 2.38 bits per heavy atom. The molecule has 0 nitrogen and oxygen atoms in total. The van der Waals surface area contributed by atoms with Gasteiger partial charge in [0, 0.05) is 5.92 Å². The van der Waals surface area contributed by atoms with E-state index in [0.717, 1.165) is 5.92 Å². The van der Waals surface area contributed by atoms with E-state index in [9.17, 15) is 0 Å². The quantitative estimate of drug-likeness (QED) is 0.413. The molecule has 0 aromatic rings. The van der Waals surface area contributed by atoms with Crippen LogP contribution in [0.15, 0.2) is 18.2 Å². The Morgan fingerprint density at radius 2 is 2.25 bits per heavy atom. The van der Waals surface area contributed by atoms with E-state index in [4.69, 9.17) is 0 Å². The maximum Gasteiger partial charge on any atom is 0.00184 e. The van der Waals surface area contributed by atoms with Gasteiger partial charge in [-0.15, -0.1) is 0 Å². The average Bonchev–Trinajstić information content (AvgIpc) is 1.92. The summed E-state index contributed by atoms with van der Waals surface area (Å²) >= 11 is 0. The van der Waals surface area contributed by atoms with Gasteiger partial charge in [-0.25, -0.2) is 0 Å². The van der Waals surface area contributed by atoms with E-state index in [1.165, 1.54) is 12.8 Å². The fourth-order valence-corrected chi connectivity index (χ4v) is 1.37. The Hall–Kier alpha value is -0.520. The number of fused-ring (bicyclic) bond motifs is 1. The van der Waals surface area contributed by atoms with Crippen molar-refractivity contribution >= 4 is 0 Å². The van der Waals surface area contributed by atoms with Gasteiger partial charge in [0.25, 0.3) is 0 Å². The van der Waals surface area contributed by atoms with Crippen molar-refractivity contribution in [2.45, 2.75) is 12.8 Å². The Morgan fingerprint density at radius 1 is 1.25 bits per heavy atom. The average molecular weight is 105 g/mol. The molecule has 2 atom stereocenters. The molecule has 3 aliphatic carbocycles. The molecule has 0 heterocycles. The molecule has 0 heteroatoms. The molecule has 8 heavy (non-hydrogen) atoms. The van der Waals surface area contributed by atoms with Crippen molar-refractivity contribution in [2.75, 3.05) is 0 Å². The van der Waals surface area contributed by atoms with E-state index in [1.54, 1.807) is 0 Å². The molecular formula is C8H9. The number of rotatable bonds is 0. The molecule has 2 unspecified atom stereocenters. The van der Waals surface area contributed by atoms with Crippen LogP contribution in [0.25, 0.3) is 0 Å². The van der Waals surface area contributed by atoms with Crippen molar-refractivity contribution in [2.24, 2.45) is 11.8 Å². The lowest BCUT2D eigenvalue weighted by molar-refractivity contribution is 0.518. The number of hydrogen-bond donors (Lipinski definition) is 0. The molecule has 3 rings (SSSR count). The van der Waals surface area contributed by atoms with Gasteiger partial charge in [-0.1, -0.05) is 18.2 Å². The minimum atomic E-state index is 0.667. The van der Waals surface area contributed by atoms with Crippen LogP contribution in [0.2, 0.25) is 0 Å². The van der Waals surface area contributed by atoms with Crippen molar-refractivity contribution in [3.05, 3.63) is 24.3 Å². The standard InChI is InChI=1S/C8H9/c1-2-8-5-3-7(1)4-6-8/h1-3,7-8H,4,6H2. The fourth-order valence-electron chi connectivity index (χ4n) is 1.37. The van der Waals surface area contributed by atoms with Crippen LogP contribution in [-0.4, -0.2) is 0 Å². The van der Waals surface area contributed by atoms with Gasteiger partial charge < -0.3 is 0 Å². The summed E-state index contributed by atoms with van der Waals surface area (Å²) in [5.74, 6) is 1.40. The molecule has 0 aliphatic heterocycles. The molecule has 0 fully saturated rings. The second-order valence-corrected chi connectivity index (χ2v) is 2.57. The highest BCUT2D eigenvalue weighted by Crippen LogP contribution is 2.28. The summed E-state index contributed by atoms with van der Waals surface area (Å²) in [5, 5.41) is 0. The van der Waals surface area contributed by atoms with E-state index in [0.29, 0.717) is 5.92 Å². The summed E-state index contributed by atoms with van der Waals surface area (Å²) in [6.07, 6.45) is 12.8. The zero-order chi connectivity index (χ0) is 5.40. The zero-order valence-electron chi connectivity index (χ0n) is 4.80. The summed E-state index contributed by atoms with van der Waals surface area (Å²) in [6.45, 7) is 0. The fraction of sp³-hybridized carbons (Fsp3) is 0.500. The highest BCUT2D eigenvalue weighted by atomic mass is 14.2. The molecule has 0 N–H and O–H groups in total. The molecule has 0 aromatic heterocycles. The SMILES string of the molecule is [C]1=CC2C=CC1CC2. The lowest BCUT2D eigenvalue weighted by atomic mass is 9.82. The number of hydrogen-bond acceptors (Lipinski definition) is 0. The highest BCUT2D eigenvalue weighted by molar-refractivity contribution is 5.13. The van der Waals surface area contributed by atoms with Crippen molar-refractivity contribution in [1.82, 2.24) is 0 Å². The third-order valence-electron chi connectivity index (χ3n) is 1.93. The van der Waals surface area contributed by atoms with Crippen LogP contribution in [0.3, 0.4) is 0 Å². The Labute approximate surface area is 49.9 Å². The first-order valence-corrected chi connectivity index (χ1v) is 3.23. The van der Waals surface area contributed by atoms with Gasteiger partial charge in [0.2, 0.25) is 0 Å². The largest absolute Gasteiger partial charge is 0.0810 e. The third kappa shape index (κ3) is 0.525. The first-order chi connectivity index (χ1) is 3.95. The van der Waals surface area contributed by atoms with Crippen molar-refractivity contribution < 1.29 is 0 Å². The Kier molecular flexibility index (Phi) is 0.806. The van der Waals surface area contributed by atoms with Gasteiger partial charge in [0.05, 0.1) is 0 Å². The molecule has 1 radical (unpaired) electrons. The summed E-state index contributed by atoms with van der Waals surface area (Å²) < 4.78 is 0. The summed E-state index contributed by atoms with van der Waals surface area (Å²) in [7, 11) is 0. The predicted octanol–water partition coefficient (Wildman–Crippen LogP) is 1.94. The van der Waals surface area contributed by atoms with E-state index in [2.05, 4.69) is 24.3 Å². The van der Waals surface area contributed by atoms with E-state index >= 15 is 0 Å². The summed E-state index contributed by atoms with van der Waals surface area (Å²) in [4.78, 5) is 0. The predicted molar refractivity (Wildman–Crippen MR) is 33.2 cm³/mol. The smallest absolute Gasteiger partial charge is 0.00184 e. The van der Waals surface area contributed by atoms with Gasteiger partial charge in [0.1, 0.15) is 0 Å². The van der Waals surface area contributed by atoms with Crippen LogP contribution >= 0.6 is 0 Å². The highest BCUT2D eigenvalue weighted by Gasteiger charge is 2.16.